The molecule has 2 aromatic rings. The molecule has 2 aromatic carbocycles. The van der Waals surface area contributed by atoms with E-state index in [0.29, 0.717) is 13.0 Å². The Bertz CT molecular complexity index is 976. The standard InChI is InChI=1S/C17H21N3O4S2/c18-25(21,22)16-12-14-6-4-5-9-17(14)20(13-16)11-10-19-26(23,24)15-7-2-1-3-8-15/h1-9,16,19H,10-13H2,(H2,18,21,22). The van der Waals surface area contributed by atoms with E-state index in [9.17, 15) is 16.8 Å². The summed E-state index contributed by atoms with van der Waals surface area (Å²) in [7, 11) is -7.28. The lowest BCUT2D eigenvalue weighted by atomic mass is 10.0. The van der Waals surface area contributed by atoms with Crippen molar-refractivity contribution in [3.63, 3.8) is 0 Å². The van der Waals surface area contributed by atoms with Crippen LogP contribution >= 0.6 is 0 Å². The first-order valence-corrected chi connectivity index (χ1v) is 11.3. The van der Waals surface area contributed by atoms with Crippen molar-refractivity contribution in [2.45, 2.75) is 16.6 Å². The van der Waals surface area contributed by atoms with E-state index < -0.39 is 25.3 Å². The smallest absolute Gasteiger partial charge is 0.240 e. The average molecular weight is 396 g/mol. The second-order valence-electron chi connectivity index (χ2n) is 6.20. The number of benzene rings is 2. The predicted molar refractivity (Wildman–Crippen MR) is 101 cm³/mol. The highest BCUT2D eigenvalue weighted by Crippen LogP contribution is 2.28. The van der Waals surface area contributed by atoms with Crippen molar-refractivity contribution < 1.29 is 16.8 Å². The van der Waals surface area contributed by atoms with Crippen LogP contribution in [-0.2, 0) is 26.5 Å². The van der Waals surface area contributed by atoms with E-state index in [1.54, 1.807) is 18.2 Å². The number of nitrogens with one attached hydrogen (secondary N) is 1. The number of hydrogen-bond acceptors (Lipinski definition) is 5. The Kier molecular flexibility index (Phi) is 5.33. The Morgan fingerprint density at radius 3 is 2.35 bits per heavy atom. The SMILES string of the molecule is NS(=O)(=O)C1Cc2ccccc2N(CCNS(=O)(=O)c2ccccc2)C1. The van der Waals surface area contributed by atoms with Crippen LogP contribution in [0.4, 0.5) is 5.69 Å². The first-order valence-electron chi connectivity index (χ1n) is 8.16. The molecule has 3 N–H and O–H groups in total. The van der Waals surface area contributed by atoms with Crippen LogP contribution in [0.2, 0.25) is 0 Å². The van der Waals surface area contributed by atoms with Crippen LogP contribution in [-0.4, -0.2) is 41.7 Å². The van der Waals surface area contributed by atoms with Crippen molar-refractivity contribution in [2.24, 2.45) is 5.14 Å². The fraction of sp³-hybridized carbons (Fsp3) is 0.294. The molecule has 0 spiro atoms. The summed E-state index contributed by atoms with van der Waals surface area (Å²) in [6, 6.07) is 15.6. The summed E-state index contributed by atoms with van der Waals surface area (Å²) in [5.74, 6) is 0. The zero-order valence-corrected chi connectivity index (χ0v) is 15.7. The molecule has 0 aromatic heterocycles. The van der Waals surface area contributed by atoms with Crippen LogP contribution in [0.5, 0.6) is 0 Å². The van der Waals surface area contributed by atoms with Gasteiger partial charge in [0.15, 0.2) is 0 Å². The van der Waals surface area contributed by atoms with Gasteiger partial charge in [0.2, 0.25) is 20.0 Å². The average Bonchev–Trinajstić information content (AvgIpc) is 2.61. The van der Waals surface area contributed by atoms with Gasteiger partial charge in [-0.25, -0.2) is 26.7 Å². The fourth-order valence-corrected chi connectivity index (χ4v) is 4.92. The maximum absolute atomic E-state index is 12.3. The van der Waals surface area contributed by atoms with E-state index in [1.165, 1.54) is 12.1 Å². The lowest BCUT2D eigenvalue weighted by molar-refractivity contribution is 0.564. The monoisotopic (exact) mass is 395 g/mol. The van der Waals surface area contributed by atoms with E-state index >= 15 is 0 Å². The molecule has 0 saturated carbocycles. The Morgan fingerprint density at radius 1 is 1.00 bits per heavy atom. The highest BCUT2D eigenvalue weighted by molar-refractivity contribution is 7.90. The van der Waals surface area contributed by atoms with Crippen LogP contribution in [0.15, 0.2) is 59.5 Å². The number of fused-ring (bicyclic) bond motifs is 1. The molecule has 140 valence electrons. The third-order valence-electron chi connectivity index (χ3n) is 4.40. The molecule has 0 fully saturated rings. The first kappa shape index (κ1) is 18.8. The number of rotatable bonds is 6. The van der Waals surface area contributed by atoms with Crippen LogP contribution in [0, 0.1) is 0 Å². The summed E-state index contributed by atoms with van der Waals surface area (Å²) < 4.78 is 50.8. The normalized spacial score (nSPS) is 17.7. The van der Waals surface area contributed by atoms with E-state index in [4.69, 9.17) is 5.14 Å². The number of anilines is 1. The number of hydrogen-bond donors (Lipinski definition) is 2. The number of nitrogens with zero attached hydrogens (tertiary/aromatic N) is 1. The summed E-state index contributed by atoms with van der Waals surface area (Å²) in [4.78, 5) is 2.06. The minimum absolute atomic E-state index is 0.156. The lowest BCUT2D eigenvalue weighted by Crippen LogP contribution is -2.47. The molecule has 0 amide bonds. The molecule has 1 aliphatic heterocycles. The molecule has 3 rings (SSSR count). The summed E-state index contributed by atoms with van der Waals surface area (Å²) in [5, 5.41) is 4.63. The maximum Gasteiger partial charge on any atom is 0.240 e. The molecule has 1 atom stereocenters. The Labute approximate surface area is 153 Å². The summed E-state index contributed by atoms with van der Waals surface area (Å²) >= 11 is 0. The maximum atomic E-state index is 12.3. The van der Waals surface area contributed by atoms with Gasteiger partial charge in [0, 0.05) is 25.3 Å². The highest BCUT2D eigenvalue weighted by Gasteiger charge is 2.31. The van der Waals surface area contributed by atoms with Crippen LogP contribution in [0.3, 0.4) is 0 Å². The third kappa shape index (κ3) is 4.24. The van der Waals surface area contributed by atoms with Gasteiger partial charge in [0.25, 0.3) is 0 Å². The summed E-state index contributed by atoms with van der Waals surface area (Å²) in [6.07, 6.45) is 0.362. The molecule has 0 aliphatic carbocycles. The van der Waals surface area contributed by atoms with E-state index in [2.05, 4.69) is 4.72 Å². The zero-order chi connectivity index (χ0) is 18.8. The molecule has 7 nitrogen and oxygen atoms in total. The number of para-hydroxylation sites is 1. The van der Waals surface area contributed by atoms with E-state index in [1.807, 2.05) is 29.2 Å². The van der Waals surface area contributed by atoms with Crippen LogP contribution < -0.4 is 14.8 Å². The topological polar surface area (TPSA) is 110 Å². The van der Waals surface area contributed by atoms with Crippen LogP contribution in [0.25, 0.3) is 0 Å². The van der Waals surface area contributed by atoms with Crippen molar-refractivity contribution in [1.82, 2.24) is 4.72 Å². The van der Waals surface area contributed by atoms with Gasteiger partial charge in [0.05, 0.1) is 10.1 Å². The molecular formula is C17H21N3O4S2. The van der Waals surface area contributed by atoms with Crippen molar-refractivity contribution in [3.05, 3.63) is 60.2 Å². The first-order chi connectivity index (χ1) is 12.3. The number of sulfonamides is 2. The molecule has 0 radical (unpaired) electrons. The molecule has 26 heavy (non-hydrogen) atoms. The molecule has 9 heteroatoms. The molecule has 1 heterocycles. The minimum Gasteiger partial charge on any atom is -0.369 e. The minimum atomic E-state index is -3.68. The molecule has 1 unspecified atom stereocenters. The van der Waals surface area contributed by atoms with Crippen molar-refractivity contribution in [2.75, 3.05) is 24.5 Å². The predicted octanol–water partition coefficient (Wildman–Crippen LogP) is 0.685. The Hall–Kier alpha value is -1.94. The van der Waals surface area contributed by atoms with Gasteiger partial charge >= 0.3 is 0 Å². The second-order valence-corrected chi connectivity index (χ2v) is 9.81. The largest absolute Gasteiger partial charge is 0.369 e. The molecule has 0 saturated heterocycles. The van der Waals surface area contributed by atoms with Crippen molar-refractivity contribution in [1.29, 1.82) is 0 Å². The van der Waals surface area contributed by atoms with Crippen LogP contribution in [0.1, 0.15) is 5.56 Å². The Balaban J connectivity index is 1.73. The van der Waals surface area contributed by atoms with Crippen molar-refractivity contribution >= 4 is 25.7 Å². The lowest BCUT2D eigenvalue weighted by Gasteiger charge is -2.35. The Morgan fingerprint density at radius 2 is 1.65 bits per heavy atom. The van der Waals surface area contributed by atoms with Gasteiger partial charge in [0.1, 0.15) is 0 Å². The highest BCUT2D eigenvalue weighted by atomic mass is 32.2. The van der Waals surface area contributed by atoms with Gasteiger partial charge in [-0.3, -0.25) is 0 Å². The number of nitrogens with two attached hydrogens (primary N) is 1. The van der Waals surface area contributed by atoms with Gasteiger partial charge in [-0.15, -0.1) is 0 Å². The number of primary sulfonamides is 1. The second kappa shape index (κ2) is 7.36. The molecular weight excluding hydrogens is 374 g/mol. The third-order valence-corrected chi connectivity index (χ3v) is 7.12. The fourth-order valence-electron chi connectivity index (χ4n) is 3.08. The van der Waals surface area contributed by atoms with E-state index in [-0.39, 0.29) is 18.0 Å². The van der Waals surface area contributed by atoms with E-state index in [0.717, 1.165) is 11.3 Å². The van der Waals surface area contributed by atoms with Gasteiger partial charge in [-0.05, 0) is 30.2 Å². The molecule has 1 aliphatic rings. The van der Waals surface area contributed by atoms with Gasteiger partial charge in [-0.2, -0.15) is 0 Å². The quantitative estimate of drug-likeness (QED) is 0.748. The zero-order valence-electron chi connectivity index (χ0n) is 14.1. The van der Waals surface area contributed by atoms with Gasteiger partial charge < -0.3 is 4.90 Å². The molecule has 0 bridgehead atoms. The summed E-state index contributed by atoms with van der Waals surface area (Å²) in [5.41, 5.74) is 1.80. The van der Waals surface area contributed by atoms with Gasteiger partial charge in [-0.1, -0.05) is 36.4 Å². The van der Waals surface area contributed by atoms with Crippen molar-refractivity contribution in [3.8, 4) is 0 Å². The summed E-state index contributed by atoms with van der Waals surface area (Å²) in [6.45, 7) is 0.737.